The van der Waals surface area contributed by atoms with Crippen molar-refractivity contribution >= 4 is 19.8 Å². The molecule has 0 saturated carbocycles. The van der Waals surface area contributed by atoms with Gasteiger partial charge in [0.2, 0.25) is 0 Å². The third-order valence-electron chi connectivity index (χ3n) is 12.2. The number of carbonyl (C=O) groups excluding carboxylic acids is 2. The Morgan fingerprint density at radius 2 is 0.714 bits per heavy atom. The molecule has 3 N–H and O–H groups in total. The second kappa shape index (κ2) is 61.1. The number of allylic oxidation sites excluding steroid dienone is 24. The molecule has 0 spiro atoms. The fourth-order valence-electron chi connectivity index (χ4n) is 7.79. The van der Waals surface area contributed by atoms with Crippen molar-refractivity contribution in [2.45, 2.75) is 238 Å². The van der Waals surface area contributed by atoms with Crippen molar-refractivity contribution < 1.29 is 37.6 Å². The lowest BCUT2D eigenvalue weighted by atomic mass is 10.0. The first kappa shape index (κ1) is 72.9. The first-order valence-electron chi connectivity index (χ1n) is 30.3. The van der Waals surface area contributed by atoms with Gasteiger partial charge in [0, 0.05) is 19.4 Å². The van der Waals surface area contributed by atoms with Crippen molar-refractivity contribution in [2.75, 3.05) is 26.4 Å². The minimum absolute atomic E-state index is 0.0430. The van der Waals surface area contributed by atoms with Crippen LogP contribution in [-0.2, 0) is 32.7 Å². The van der Waals surface area contributed by atoms with E-state index in [-0.39, 0.29) is 32.6 Å². The summed E-state index contributed by atoms with van der Waals surface area (Å²) in [7, 11) is -4.40. The van der Waals surface area contributed by atoms with E-state index in [1.807, 2.05) is 0 Å². The van der Waals surface area contributed by atoms with Gasteiger partial charge in [0.25, 0.3) is 0 Å². The van der Waals surface area contributed by atoms with Crippen LogP contribution in [-0.4, -0.2) is 49.3 Å². The molecule has 0 bridgehead atoms. The number of hydrogen-bond acceptors (Lipinski definition) is 8. The lowest BCUT2D eigenvalue weighted by molar-refractivity contribution is -0.161. The van der Waals surface area contributed by atoms with Crippen LogP contribution in [0.5, 0.6) is 0 Å². The van der Waals surface area contributed by atoms with Gasteiger partial charge in [0.05, 0.1) is 13.2 Å². The lowest BCUT2D eigenvalue weighted by Gasteiger charge is -2.19. The van der Waals surface area contributed by atoms with Gasteiger partial charge in [-0.15, -0.1) is 0 Å². The highest BCUT2D eigenvalue weighted by Gasteiger charge is 2.26. The summed E-state index contributed by atoms with van der Waals surface area (Å²) in [4.78, 5) is 35.1. The van der Waals surface area contributed by atoms with Crippen molar-refractivity contribution in [1.82, 2.24) is 0 Å². The number of phosphoric acid groups is 1. The van der Waals surface area contributed by atoms with Gasteiger partial charge in [-0.05, 0) is 103 Å². The van der Waals surface area contributed by atoms with Crippen LogP contribution < -0.4 is 5.73 Å². The van der Waals surface area contributed by atoms with Crippen molar-refractivity contribution in [2.24, 2.45) is 5.73 Å². The molecule has 0 radical (unpaired) electrons. The first-order valence-corrected chi connectivity index (χ1v) is 31.8. The van der Waals surface area contributed by atoms with Crippen molar-refractivity contribution in [3.63, 3.8) is 0 Å². The smallest absolute Gasteiger partial charge is 0.462 e. The number of phosphoric ester groups is 1. The number of unbranched alkanes of at least 4 members (excludes halogenated alkanes) is 18. The normalized spacial score (nSPS) is 14.1. The van der Waals surface area contributed by atoms with Crippen LogP contribution in [0, 0.1) is 0 Å². The van der Waals surface area contributed by atoms with Crippen molar-refractivity contribution in [1.29, 1.82) is 0 Å². The molecule has 10 heteroatoms. The Hall–Kier alpha value is -4.11. The second-order valence-electron chi connectivity index (χ2n) is 19.5. The third kappa shape index (κ3) is 61.0. The number of ether oxygens (including phenoxy) is 2. The molecule has 0 amide bonds. The van der Waals surface area contributed by atoms with E-state index in [4.69, 9.17) is 24.3 Å². The Bertz CT molecular complexity index is 1770. The van der Waals surface area contributed by atoms with Gasteiger partial charge in [-0.25, -0.2) is 4.57 Å². The maximum atomic E-state index is 12.7. The van der Waals surface area contributed by atoms with Crippen LogP contribution in [0.3, 0.4) is 0 Å². The van der Waals surface area contributed by atoms with Crippen molar-refractivity contribution in [3.8, 4) is 0 Å². The zero-order valence-electron chi connectivity index (χ0n) is 48.6. The highest BCUT2D eigenvalue weighted by atomic mass is 31.2. The fraction of sp³-hybridized carbons (Fsp3) is 0.612. The largest absolute Gasteiger partial charge is 0.472 e. The Balaban J connectivity index is 4.05. The summed E-state index contributed by atoms with van der Waals surface area (Å²) >= 11 is 0. The monoisotopic (exact) mass is 1090 g/mol. The molecule has 2 atom stereocenters. The molecule has 77 heavy (non-hydrogen) atoms. The third-order valence-corrected chi connectivity index (χ3v) is 13.2. The van der Waals surface area contributed by atoms with Gasteiger partial charge >= 0.3 is 19.8 Å². The second-order valence-corrected chi connectivity index (χ2v) is 20.9. The maximum Gasteiger partial charge on any atom is 0.472 e. The summed E-state index contributed by atoms with van der Waals surface area (Å²) in [5.74, 6) is -0.862. The van der Waals surface area contributed by atoms with Gasteiger partial charge in [0.1, 0.15) is 6.61 Å². The minimum Gasteiger partial charge on any atom is -0.462 e. The molecular weight excluding hydrogens is 978 g/mol. The molecule has 0 aliphatic heterocycles. The van der Waals surface area contributed by atoms with E-state index in [2.05, 4.69) is 160 Å². The summed E-state index contributed by atoms with van der Waals surface area (Å²) in [5.41, 5.74) is 5.37. The molecule has 436 valence electrons. The first-order chi connectivity index (χ1) is 37.8. The minimum atomic E-state index is -4.40. The standard InChI is InChI=1S/C67H110NO8P/c1-3-5-7-9-11-13-15-17-19-20-21-22-23-24-25-26-27-28-29-30-31-32-33-34-35-36-37-38-39-40-41-42-43-44-46-48-50-52-54-56-58-60-67(70)76-65(64-75-77(71,72)74-62-61-68)63-73-66(69)59-57-55-53-51-49-47-45-18-16-14-12-10-8-6-4-2/h5,7,11,13,17,19,21-22,24-25,27-28,30-31,33-34,36-37,39-40,42-43,46,48,65H,3-4,6,8-10,12,14-16,18,20,23,26,29,32,35,38,41,44-45,47,49-64,68H2,1-2H3,(H,71,72)/b7-5-,13-11-,19-17-,22-21-,25-24-,28-27-,31-30-,34-33-,37-36-,40-39-,43-42-,48-46-. The highest BCUT2D eigenvalue weighted by molar-refractivity contribution is 7.47. The van der Waals surface area contributed by atoms with E-state index in [1.165, 1.54) is 77.0 Å². The van der Waals surface area contributed by atoms with Gasteiger partial charge < -0.3 is 20.1 Å². The van der Waals surface area contributed by atoms with Crippen LogP contribution in [0.1, 0.15) is 232 Å². The van der Waals surface area contributed by atoms with Crippen molar-refractivity contribution in [3.05, 3.63) is 146 Å². The Morgan fingerprint density at radius 1 is 0.403 bits per heavy atom. The molecule has 0 aliphatic carbocycles. The van der Waals surface area contributed by atoms with Gasteiger partial charge in [0.15, 0.2) is 6.10 Å². The summed E-state index contributed by atoms with van der Waals surface area (Å²) in [6.07, 6.45) is 87.7. The average Bonchev–Trinajstić information content (AvgIpc) is 3.42. The lowest BCUT2D eigenvalue weighted by Crippen LogP contribution is -2.29. The molecule has 0 rings (SSSR count). The molecule has 9 nitrogen and oxygen atoms in total. The zero-order chi connectivity index (χ0) is 55.9. The SMILES string of the molecule is CC/C=C\C/C=C\C/C=C\C/C=C\C/C=C\C/C=C\C/C=C\C/C=C\C/C=C\C/C=C\C/C=C\C/C=C\CCCCCCC(=O)OC(COC(=O)CCCCCCCCCCCCCCCCC)COP(=O)(O)OCCN. The van der Waals surface area contributed by atoms with E-state index in [0.29, 0.717) is 6.42 Å². The van der Waals surface area contributed by atoms with E-state index in [1.54, 1.807) is 0 Å². The molecule has 0 aromatic rings. The molecule has 0 fully saturated rings. The molecule has 2 unspecified atom stereocenters. The Kier molecular flexibility index (Phi) is 57.8. The summed E-state index contributed by atoms with van der Waals surface area (Å²) in [6, 6.07) is 0. The van der Waals surface area contributed by atoms with Crippen LogP contribution in [0.25, 0.3) is 0 Å². The zero-order valence-corrected chi connectivity index (χ0v) is 49.5. The summed E-state index contributed by atoms with van der Waals surface area (Å²) in [6.45, 7) is 3.59. The Labute approximate surface area is 471 Å². The highest BCUT2D eigenvalue weighted by Crippen LogP contribution is 2.43. The van der Waals surface area contributed by atoms with Crippen LogP contribution in [0.15, 0.2) is 146 Å². The number of rotatable bonds is 55. The predicted molar refractivity (Wildman–Crippen MR) is 330 cm³/mol. The molecule has 0 aliphatic rings. The number of nitrogens with two attached hydrogens (primary N) is 1. The number of carbonyl (C=O) groups is 2. The number of esters is 2. The van der Waals surface area contributed by atoms with Gasteiger partial charge in [-0.1, -0.05) is 262 Å². The van der Waals surface area contributed by atoms with E-state index >= 15 is 0 Å². The number of hydrogen-bond donors (Lipinski definition) is 2. The summed E-state index contributed by atoms with van der Waals surface area (Å²) < 4.78 is 33.0. The maximum absolute atomic E-state index is 12.7. The van der Waals surface area contributed by atoms with Crippen LogP contribution in [0.2, 0.25) is 0 Å². The van der Waals surface area contributed by atoms with E-state index < -0.39 is 32.5 Å². The van der Waals surface area contributed by atoms with E-state index in [0.717, 1.165) is 122 Å². The predicted octanol–water partition coefficient (Wildman–Crippen LogP) is 19.5. The van der Waals surface area contributed by atoms with Crippen LogP contribution in [0.4, 0.5) is 0 Å². The molecule has 0 heterocycles. The summed E-state index contributed by atoms with van der Waals surface area (Å²) in [5, 5.41) is 0. The fourth-order valence-corrected chi connectivity index (χ4v) is 8.56. The van der Waals surface area contributed by atoms with Gasteiger partial charge in [-0.3, -0.25) is 18.6 Å². The average molecular weight is 1090 g/mol. The van der Waals surface area contributed by atoms with E-state index in [9.17, 15) is 19.0 Å². The molecule has 0 saturated heterocycles. The topological polar surface area (TPSA) is 134 Å². The Morgan fingerprint density at radius 3 is 1.06 bits per heavy atom. The molecule has 0 aromatic heterocycles. The molecule has 0 aromatic carbocycles. The molecular formula is C67H110NO8P. The quantitative estimate of drug-likeness (QED) is 0.0264. The van der Waals surface area contributed by atoms with Gasteiger partial charge in [-0.2, -0.15) is 0 Å². The van der Waals surface area contributed by atoms with Crippen LogP contribution >= 0.6 is 7.82 Å².